The zero-order valence-electron chi connectivity index (χ0n) is 11.1. The van der Waals surface area contributed by atoms with Crippen LogP contribution in [0.5, 0.6) is 5.75 Å². The Morgan fingerprint density at radius 3 is 2.80 bits per heavy atom. The number of ether oxygens (including phenoxy) is 1. The van der Waals surface area contributed by atoms with Crippen molar-refractivity contribution in [3.63, 3.8) is 0 Å². The van der Waals surface area contributed by atoms with Gasteiger partial charge in [-0.15, -0.1) is 0 Å². The molecule has 1 heterocycles. The van der Waals surface area contributed by atoms with Crippen molar-refractivity contribution in [1.29, 1.82) is 0 Å². The third-order valence-corrected chi connectivity index (χ3v) is 4.09. The van der Waals surface area contributed by atoms with Gasteiger partial charge in [0.15, 0.2) is 4.77 Å². The third kappa shape index (κ3) is 2.07. The summed E-state index contributed by atoms with van der Waals surface area (Å²) in [4.78, 5) is 3.23. The van der Waals surface area contributed by atoms with Crippen LogP contribution in [-0.4, -0.2) is 16.7 Å². The Labute approximate surface area is 130 Å². The van der Waals surface area contributed by atoms with E-state index in [0.717, 1.165) is 32.5 Å². The highest BCUT2D eigenvalue weighted by molar-refractivity contribution is 9.10. The van der Waals surface area contributed by atoms with Crippen molar-refractivity contribution in [2.24, 2.45) is 0 Å². The molecule has 0 saturated carbocycles. The Morgan fingerprint density at radius 1 is 1.25 bits per heavy atom. The molecule has 0 atom stereocenters. The Balaban J connectivity index is 2.40. The van der Waals surface area contributed by atoms with E-state index in [9.17, 15) is 0 Å². The van der Waals surface area contributed by atoms with Gasteiger partial charge in [0.05, 0.1) is 18.3 Å². The minimum atomic E-state index is 0.658. The topological polar surface area (TPSA) is 29.9 Å². The Hall–Kier alpha value is -1.59. The molecule has 3 nitrogen and oxygen atoms in total. The maximum atomic E-state index is 5.48. The summed E-state index contributed by atoms with van der Waals surface area (Å²) in [6, 6.07) is 12.1. The molecule has 2 aromatic carbocycles. The van der Waals surface area contributed by atoms with Gasteiger partial charge in [-0.05, 0) is 49.0 Å². The molecule has 3 aromatic rings. The van der Waals surface area contributed by atoms with Gasteiger partial charge in [0.25, 0.3) is 0 Å². The highest BCUT2D eigenvalue weighted by atomic mass is 79.9. The number of aryl methyl sites for hydroxylation is 1. The number of nitrogens with one attached hydrogen (secondary N) is 1. The molecular formula is C15H13BrN2OS. The maximum Gasteiger partial charge on any atom is 0.182 e. The van der Waals surface area contributed by atoms with Crippen LogP contribution in [0.2, 0.25) is 0 Å². The number of aromatic amines is 1. The van der Waals surface area contributed by atoms with Crippen molar-refractivity contribution < 1.29 is 4.74 Å². The fourth-order valence-corrected chi connectivity index (χ4v) is 2.98. The van der Waals surface area contributed by atoms with Crippen molar-refractivity contribution in [2.45, 2.75) is 6.92 Å². The summed E-state index contributed by atoms with van der Waals surface area (Å²) < 4.78 is 9.10. The number of benzene rings is 2. The number of H-pyrrole nitrogens is 1. The molecule has 3 rings (SSSR count). The van der Waals surface area contributed by atoms with E-state index >= 15 is 0 Å². The first kappa shape index (κ1) is 13.4. The van der Waals surface area contributed by atoms with E-state index in [4.69, 9.17) is 17.0 Å². The molecule has 0 saturated heterocycles. The first-order valence-corrected chi connectivity index (χ1v) is 7.36. The van der Waals surface area contributed by atoms with Crippen LogP contribution in [0.25, 0.3) is 16.7 Å². The van der Waals surface area contributed by atoms with Crippen LogP contribution in [0.15, 0.2) is 40.9 Å². The number of methoxy groups -OCH3 is 1. The summed E-state index contributed by atoms with van der Waals surface area (Å²) in [5.74, 6) is 0.792. The zero-order chi connectivity index (χ0) is 14.3. The van der Waals surface area contributed by atoms with Gasteiger partial charge < -0.3 is 9.72 Å². The predicted octanol–water partition coefficient (Wildman–Crippen LogP) is 4.77. The van der Waals surface area contributed by atoms with Gasteiger partial charge in [-0.3, -0.25) is 4.57 Å². The lowest BCUT2D eigenvalue weighted by atomic mass is 10.2. The number of halogens is 1. The lowest BCUT2D eigenvalue weighted by Gasteiger charge is -2.09. The molecule has 0 aliphatic rings. The molecule has 0 amide bonds. The zero-order valence-corrected chi connectivity index (χ0v) is 13.5. The van der Waals surface area contributed by atoms with Crippen molar-refractivity contribution in [2.75, 3.05) is 7.11 Å². The fraction of sp³-hybridized carbons (Fsp3) is 0.133. The lowest BCUT2D eigenvalue weighted by molar-refractivity contribution is 0.419. The van der Waals surface area contributed by atoms with Gasteiger partial charge in [-0.25, -0.2) is 0 Å². The van der Waals surface area contributed by atoms with Crippen molar-refractivity contribution in [3.05, 3.63) is 51.2 Å². The van der Waals surface area contributed by atoms with Crippen LogP contribution in [0.3, 0.4) is 0 Å². The summed E-state index contributed by atoms with van der Waals surface area (Å²) in [7, 11) is 1.66. The second-order valence-electron chi connectivity index (χ2n) is 4.55. The number of nitrogens with zero attached hydrogens (tertiary/aromatic N) is 1. The van der Waals surface area contributed by atoms with E-state index in [1.807, 2.05) is 28.8 Å². The van der Waals surface area contributed by atoms with Gasteiger partial charge >= 0.3 is 0 Å². The van der Waals surface area contributed by atoms with Gasteiger partial charge in [0, 0.05) is 4.47 Å². The second-order valence-corrected chi connectivity index (χ2v) is 5.85. The smallest absolute Gasteiger partial charge is 0.182 e. The molecule has 1 N–H and O–H groups in total. The van der Waals surface area contributed by atoms with E-state index in [0.29, 0.717) is 4.77 Å². The molecule has 0 radical (unpaired) electrons. The number of hydrogen-bond acceptors (Lipinski definition) is 2. The molecule has 0 fully saturated rings. The summed E-state index contributed by atoms with van der Waals surface area (Å²) in [6.45, 7) is 2.07. The number of rotatable bonds is 2. The van der Waals surface area contributed by atoms with Crippen LogP contribution in [0.4, 0.5) is 0 Å². The average Bonchev–Trinajstić information content (AvgIpc) is 2.77. The molecule has 0 spiro atoms. The molecule has 0 aliphatic heterocycles. The van der Waals surface area contributed by atoms with E-state index in [2.05, 4.69) is 40.0 Å². The molecule has 5 heteroatoms. The van der Waals surface area contributed by atoms with E-state index in [1.54, 1.807) is 7.11 Å². The standard InChI is InChI=1S/C15H13BrN2OS/c1-9-6-7-10(16)8-12(9)18-11-4-3-5-13(19-2)14(11)17-15(18)20/h3-8H,1-2H3,(H,17,20). The van der Waals surface area contributed by atoms with Crippen molar-refractivity contribution >= 4 is 39.2 Å². The summed E-state index contributed by atoms with van der Waals surface area (Å²) >= 11 is 9.00. The van der Waals surface area contributed by atoms with Gasteiger partial charge in [0.1, 0.15) is 11.3 Å². The highest BCUT2D eigenvalue weighted by Gasteiger charge is 2.12. The first-order valence-electron chi connectivity index (χ1n) is 6.16. The molecule has 0 unspecified atom stereocenters. The third-order valence-electron chi connectivity index (χ3n) is 3.31. The van der Waals surface area contributed by atoms with Crippen LogP contribution in [0.1, 0.15) is 5.56 Å². The summed E-state index contributed by atoms with van der Waals surface area (Å²) in [6.07, 6.45) is 0. The summed E-state index contributed by atoms with van der Waals surface area (Å²) in [5.41, 5.74) is 4.15. The van der Waals surface area contributed by atoms with Crippen LogP contribution in [0, 0.1) is 11.7 Å². The second kappa shape index (κ2) is 5.07. The number of hydrogen-bond donors (Lipinski definition) is 1. The van der Waals surface area contributed by atoms with Crippen LogP contribution in [-0.2, 0) is 0 Å². The SMILES string of the molecule is COc1cccc2c1[nH]c(=S)n2-c1cc(Br)ccc1C. The summed E-state index contributed by atoms with van der Waals surface area (Å²) in [5, 5.41) is 0. The highest BCUT2D eigenvalue weighted by Crippen LogP contribution is 2.29. The molecular weight excluding hydrogens is 336 g/mol. The molecule has 0 aliphatic carbocycles. The van der Waals surface area contributed by atoms with Crippen molar-refractivity contribution in [1.82, 2.24) is 9.55 Å². The van der Waals surface area contributed by atoms with Gasteiger partial charge in [-0.1, -0.05) is 28.1 Å². The minimum absolute atomic E-state index is 0.658. The average molecular weight is 349 g/mol. The number of imidazole rings is 1. The quantitative estimate of drug-likeness (QED) is 0.676. The normalized spacial score (nSPS) is 10.9. The van der Waals surface area contributed by atoms with Crippen LogP contribution >= 0.6 is 28.1 Å². The van der Waals surface area contributed by atoms with E-state index in [-0.39, 0.29) is 0 Å². The Morgan fingerprint density at radius 2 is 2.05 bits per heavy atom. The lowest BCUT2D eigenvalue weighted by Crippen LogP contribution is -1.97. The maximum absolute atomic E-state index is 5.48. The Kier molecular flexibility index (Phi) is 3.40. The van der Waals surface area contributed by atoms with Crippen LogP contribution < -0.4 is 4.74 Å². The predicted molar refractivity (Wildman–Crippen MR) is 87.4 cm³/mol. The number of aromatic nitrogens is 2. The molecule has 1 aromatic heterocycles. The Bertz CT molecular complexity index is 851. The van der Waals surface area contributed by atoms with Gasteiger partial charge in [-0.2, -0.15) is 0 Å². The number of para-hydroxylation sites is 1. The molecule has 102 valence electrons. The first-order chi connectivity index (χ1) is 9.61. The largest absolute Gasteiger partial charge is 0.494 e. The number of fused-ring (bicyclic) bond motifs is 1. The van der Waals surface area contributed by atoms with Crippen molar-refractivity contribution in [3.8, 4) is 11.4 Å². The fourth-order valence-electron chi connectivity index (χ4n) is 2.34. The molecule has 20 heavy (non-hydrogen) atoms. The monoisotopic (exact) mass is 348 g/mol. The van der Waals surface area contributed by atoms with Gasteiger partial charge in [0.2, 0.25) is 0 Å². The van der Waals surface area contributed by atoms with E-state index < -0.39 is 0 Å². The minimum Gasteiger partial charge on any atom is -0.494 e. The molecule has 0 bridgehead atoms. The van der Waals surface area contributed by atoms with E-state index in [1.165, 1.54) is 0 Å².